The van der Waals surface area contributed by atoms with Crippen LogP contribution in [0.3, 0.4) is 0 Å². The van der Waals surface area contributed by atoms with Crippen molar-refractivity contribution >= 4 is 17.4 Å². The topological polar surface area (TPSA) is 48.4 Å². The first-order valence-electron chi connectivity index (χ1n) is 6.46. The summed E-state index contributed by atoms with van der Waals surface area (Å²) < 4.78 is 10.6. The summed E-state index contributed by atoms with van der Waals surface area (Å²) in [4.78, 5) is 16.3. The van der Waals surface area contributed by atoms with Gasteiger partial charge in [-0.3, -0.25) is 9.78 Å². The second-order valence-electron chi connectivity index (χ2n) is 4.40. The van der Waals surface area contributed by atoms with Crippen molar-refractivity contribution in [3.05, 3.63) is 53.9 Å². The molecule has 0 aliphatic carbocycles. The molecule has 0 radical (unpaired) electrons. The molecule has 0 amide bonds. The highest BCUT2D eigenvalue weighted by Gasteiger charge is 2.21. The molecule has 0 aliphatic rings. The number of aromatic nitrogens is 1. The van der Waals surface area contributed by atoms with Crippen LogP contribution in [0.5, 0.6) is 11.5 Å². The number of carbonyl (C=O) groups is 1. The number of alkyl halides is 1. The number of ketones is 1. The third kappa shape index (κ3) is 3.52. The second kappa shape index (κ2) is 7.09. The van der Waals surface area contributed by atoms with Crippen LogP contribution in [0.15, 0.2) is 42.6 Å². The molecule has 21 heavy (non-hydrogen) atoms. The molecule has 1 aromatic heterocycles. The molecule has 0 bridgehead atoms. The summed E-state index contributed by atoms with van der Waals surface area (Å²) >= 11 is 6.24. The maximum atomic E-state index is 12.2. The van der Waals surface area contributed by atoms with Crippen LogP contribution in [-0.2, 0) is 6.42 Å². The lowest BCUT2D eigenvalue weighted by molar-refractivity contribution is 0.0982. The average molecular weight is 306 g/mol. The van der Waals surface area contributed by atoms with Crippen molar-refractivity contribution in [2.45, 2.75) is 11.8 Å². The summed E-state index contributed by atoms with van der Waals surface area (Å²) in [6.07, 6.45) is 1.92. The maximum absolute atomic E-state index is 12.2. The predicted octanol–water partition coefficient (Wildman–Crippen LogP) is 3.13. The number of ether oxygens (including phenoxy) is 2. The first-order valence-corrected chi connectivity index (χ1v) is 6.90. The molecule has 1 heterocycles. The van der Waals surface area contributed by atoms with E-state index in [9.17, 15) is 4.79 Å². The van der Waals surface area contributed by atoms with E-state index in [2.05, 4.69) is 4.98 Å². The second-order valence-corrected chi connectivity index (χ2v) is 4.93. The van der Waals surface area contributed by atoms with Crippen molar-refractivity contribution in [3.63, 3.8) is 0 Å². The zero-order valence-corrected chi connectivity index (χ0v) is 12.6. The predicted molar refractivity (Wildman–Crippen MR) is 81.5 cm³/mol. The molecule has 0 fully saturated rings. The Hall–Kier alpha value is -2.07. The van der Waals surface area contributed by atoms with Crippen molar-refractivity contribution in [1.29, 1.82) is 0 Å². The number of methoxy groups -OCH3 is 2. The van der Waals surface area contributed by atoms with E-state index >= 15 is 0 Å². The summed E-state index contributed by atoms with van der Waals surface area (Å²) in [5.41, 5.74) is 1.18. The fraction of sp³-hybridized carbons (Fsp3) is 0.250. The Kier molecular flexibility index (Phi) is 5.17. The number of hydrogen-bond acceptors (Lipinski definition) is 4. The van der Waals surface area contributed by atoms with Crippen LogP contribution in [-0.4, -0.2) is 30.4 Å². The molecule has 0 N–H and O–H groups in total. The molecule has 0 saturated carbocycles. The molecule has 110 valence electrons. The van der Waals surface area contributed by atoms with Gasteiger partial charge in [0.1, 0.15) is 11.1 Å². The first-order chi connectivity index (χ1) is 10.2. The minimum atomic E-state index is -0.707. The van der Waals surface area contributed by atoms with Gasteiger partial charge in [-0.2, -0.15) is 0 Å². The summed E-state index contributed by atoms with van der Waals surface area (Å²) in [6.45, 7) is 0. The van der Waals surface area contributed by atoms with Crippen molar-refractivity contribution in [3.8, 4) is 11.5 Å². The fourth-order valence-corrected chi connectivity index (χ4v) is 2.35. The van der Waals surface area contributed by atoms with Crippen molar-refractivity contribution in [1.82, 2.24) is 4.98 Å². The van der Waals surface area contributed by atoms with E-state index in [4.69, 9.17) is 21.1 Å². The molecule has 1 unspecified atom stereocenters. The number of benzene rings is 1. The van der Waals surface area contributed by atoms with Crippen LogP contribution >= 0.6 is 11.6 Å². The molecule has 1 aromatic carbocycles. The number of nitrogens with zero attached hydrogens (tertiary/aromatic N) is 1. The van der Waals surface area contributed by atoms with Gasteiger partial charge < -0.3 is 9.47 Å². The Morgan fingerprint density at radius 2 is 2.00 bits per heavy atom. The Morgan fingerprint density at radius 1 is 1.19 bits per heavy atom. The quantitative estimate of drug-likeness (QED) is 0.608. The molecule has 4 nitrogen and oxygen atoms in total. The molecular formula is C16H16ClNO3. The highest BCUT2D eigenvalue weighted by atomic mass is 35.5. The van der Waals surface area contributed by atoms with Crippen LogP contribution in [0.1, 0.15) is 16.1 Å². The van der Waals surface area contributed by atoms with Crippen molar-refractivity contribution < 1.29 is 14.3 Å². The van der Waals surface area contributed by atoms with Gasteiger partial charge in [0.15, 0.2) is 17.3 Å². The van der Waals surface area contributed by atoms with Gasteiger partial charge >= 0.3 is 0 Å². The van der Waals surface area contributed by atoms with E-state index in [1.165, 1.54) is 0 Å². The van der Waals surface area contributed by atoms with E-state index in [1.54, 1.807) is 44.7 Å². The molecule has 0 aliphatic heterocycles. The van der Waals surface area contributed by atoms with Crippen LogP contribution < -0.4 is 9.47 Å². The molecule has 2 aromatic rings. The molecule has 5 heteroatoms. The molecule has 2 rings (SSSR count). The lowest BCUT2D eigenvalue weighted by atomic mass is 10.0. The van der Waals surface area contributed by atoms with Gasteiger partial charge in [0.2, 0.25) is 0 Å². The summed E-state index contributed by atoms with van der Waals surface area (Å²) in [6, 6.07) is 10.7. The zero-order chi connectivity index (χ0) is 15.2. The Morgan fingerprint density at radius 3 is 2.62 bits per heavy atom. The number of pyridine rings is 1. The number of para-hydroxylation sites is 1. The maximum Gasteiger partial charge on any atom is 0.199 e. The molecule has 0 spiro atoms. The van der Waals surface area contributed by atoms with Gasteiger partial charge in [0.05, 0.1) is 14.2 Å². The smallest absolute Gasteiger partial charge is 0.199 e. The summed E-state index contributed by atoms with van der Waals surface area (Å²) in [7, 11) is 3.13. The Balaban J connectivity index is 2.20. The zero-order valence-electron chi connectivity index (χ0n) is 11.9. The summed E-state index contributed by atoms with van der Waals surface area (Å²) in [5.74, 6) is 1.01. The number of halogens is 1. The Bertz CT molecular complexity index is 616. The van der Waals surface area contributed by atoms with E-state index in [0.29, 0.717) is 23.6 Å². The molecule has 0 saturated heterocycles. The van der Waals surface area contributed by atoms with Gasteiger partial charge in [-0.15, -0.1) is 11.6 Å². The lowest BCUT2D eigenvalue weighted by Crippen LogP contribution is -2.19. The van der Waals surface area contributed by atoms with Crippen LogP contribution in [0.2, 0.25) is 0 Å². The SMILES string of the molecule is COc1cccc(CC(Cl)C(=O)c2ccccn2)c1OC. The van der Waals surface area contributed by atoms with Crippen molar-refractivity contribution in [2.75, 3.05) is 14.2 Å². The highest BCUT2D eigenvalue weighted by molar-refractivity contribution is 6.33. The number of rotatable bonds is 6. The van der Waals surface area contributed by atoms with Crippen LogP contribution in [0.25, 0.3) is 0 Å². The minimum Gasteiger partial charge on any atom is -0.493 e. The average Bonchev–Trinajstić information content (AvgIpc) is 2.54. The van der Waals surface area contributed by atoms with Crippen LogP contribution in [0, 0.1) is 0 Å². The largest absolute Gasteiger partial charge is 0.493 e. The number of hydrogen-bond donors (Lipinski definition) is 0. The van der Waals surface area contributed by atoms with Gasteiger partial charge in [-0.1, -0.05) is 18.2 Å². The van der Waals surface area contributed by atoms with E-state index < -0.39 is 5.38 Å². The number of Topliss-reactive ketones (excluding diaryl/α,β-unsaturated/α-hetero) is 1. The van der Waals surface area contributed by atoms with Gasteiger partial charge in [0, 0.05) is 6.20 Å². The van der Waals surface area contributed by atoms with E-state index in [1.807, 2.05) is 12.1 Å². The monoisotopic (exact) mass is 305 g/mol. The van der Waals surface area contributed by atoms with Gasteiger partial charge in [-0.25, -0.2) is 0 Å². The minimum absolute atomic E-state index is 0.206. The van der Waals surface area contributed by atoms with E-state index in [-0.39, 0.29) is 5.78 Å². The van der Waals surface area contributed by atoms with Gasteiger partial charge in [-0.05, 0) is 30.2 Å². The third-order valence-corrected chi connectivity index (χ3v) is 3.44. The Labute approximate surface area is 128 Å². The summed E-state index contributed by atoms with van der Waals surface area (Å²) in [5, 5.41) is -0.707. The standard InChI is InChI=1S/C16H16ClNO3/c1-20-14-8-5-6-11(16(14)21-2)10-12(17)15(19)13-7-3-4-9-18-13/h3-9,12H,10H2,1-2H3. The first kappa shape index (κ1) is 15.3. The fourth-order valence-electron chi connectivity index (χ4n) is 2.07. The third-order valence-electron chi connectivity index (χ3n) is 3.09. The lowest BCUT2D eigenvalue weighted by Gasteiger charge is -2.14. The van der Waals surface area contributed by atoms with Crippen molar-refractivity contribution in [2.24, 2.45) is 0 Å². The molecular weight excluding hydrogens is 290 g/mol. The number of carbonyl (C=O) groups excluding carboxylic acids is 1. The van der Waals surface area contributed by atoms with Gasteiger partial charge in [0.25, 0.3) is 0 Å². The van der Waals surface area contributed by atoms with E-state index in [0.717, 1.165) is 5.56 Å². The molecule has 1 atom stereocenters. The highest BCUT2D eigenvalue weighted by Crippen LogP contribution is 2.32. The van der Waals surface area contributed by atoms with Crippen LogP contribution in [0.4, 0.5) is 0 Å². The normalized spacial score (nSPS) is 11.8.